The minimum absolute atomic E-state index is 0.314. The third-order valence-electron chi connectivity index (χ3n) is 2.87. The van der Waals surface area contributed by atoms with Crippen LogP contribution in [0.3, 0.4) is 0 Å². The molecule has 1 aromatic rings. The van der Waals surface area contributed by atoms with E-state index in [2.05, 4.69) is 4.90 Å². The van der Waals surface area contributed by atoms with Crippen molar-refractivity contribution in [2.75, 3.05) is 26.2 Å². The van der Waals surface area contributed by atoms with Crippen molar-refractivity contribution in [1.82, 2.24) is 4.90 Å². The van der Waals surface area contributed by atoms with E-state index in [1.54, 1.807) is 18.2 Å². The van der Waals surface area contributed by atoms with Gasteiger partial charge in [-0.2, -0.15) is 0 Å². The lowest BCUT2D eigenvalue weighted by atomic mass is 10.3. The number of nitrogens with zero attached hydrogens (tertiary/aromatic N) is 1. The first kappa shape index (κ1) is 13.0. The SMILES string of the molecule is N[C@@H]1CCN(CCOc2ccc(Cl)cc2Cl)C1. The normalized spacial score (nSPS) is 20.8. The molecule has 1 heterocycles. The van der Waals surface area contributed by atoms with E-state index in [1.807, 2.05) is 0 Å². The molecule has 0 saturated carbocycles. The molecule has 1 fully saturated rings. The van der Waals surface area contributed by atoms with E-state index in [0.717, 1.165) is 26.1 Å². The van der Waals surface area contributed by atoms with Gasteiger partial charge in [0, 0.05) is 24.2 Å². The number of likely N-dealkylation sites (tertiary alicyclic amines) is 1. The maximum atomic E-state index is 6.01. The van der Waals surface area contributed by atoms with Gasteiger partial charge in [-0.05, 0) is 31.2 Å². The largest absolute Gasteiger partial charge is 0.491 e. The number of hydrogen-bond donors (Lipinski definition) is 1. The molecule has 1 aromatic carbocycles. The van der Waals surface area contributed by atoms with E-state index in [4.69, 9.17) is 33.7 Å². The minimum atomic E-state index is 0.314. The summed E-state index contributed by atoms with van der Waals surface area (Å²) in [7, 11) is 0. The second-order valence-corrected chi connectivity index (χ2v) is 5.12. The lowest BCUT2D eigenvalue weighted by Crippen LogP contribution is -2.29. The predicted molar refractivity (Wildman–Crippen MR) is 71.0 cm³/mol. The van der Waals surface area contributed by atoms with Gasteiger partial charge in [-0.3, -0.25) is 4.90 Å². The van der Waals surface area contributed by atoms with Gasteiger partial charge in [0.2, 0.25) is 0 Å². The summed E-state index contributed by atoms with van der Waals surface area (Å²) in [4.78, 5) is 2.30. The van der Waals surface area contributed by atoms with Crippen molar-refractivity contribution in [3.8, 4) is 5.75 Å². The number of ether oxygens (including phenoxy) is 1. The van der Waals surface area contributed by atoms with Crippen LogP contribution in [0, 0.1) is 0 Å². The summed E-state index contributed by atoms with van der Waals surface area (Å²) in [5.41, 5.74) is 5.83. The summed E-state index contributed by atoms with van der Waals surface area (Å²) in [6.07, 6.45) is 1.07. The Kier molecular flexibility index (Phi) is 4.51. The predicted octanol–water partition coefficient (Wildman–Crippen LogP) is 2.41. The molecule has 1 saturated heterocycles. The van der Waals surface area contributed by atoms with E-state index < -0.39 is 0 Å². The minimum Gasteiger partial charge on any atom is -0.491 e. The fourth-order valence-corrected chi connectivity index (χ4v) is 2.41. The molecule has 0 aromatic heterocycles. The highest BCUT2D eigenvalue weighted by molar-refractivity contribution is 6.35. The average Bonchev–Trinajstić information content (AvgIpc) is 2.68. The molecule has 2 N–H and O–H groups in total. The molecule has 1 atom stereocenters. The van der Waals surface area contributed by atoms with Crippen molar-refractivity contribution >= 4 is 23.2 Å². The Balaban J connectivity index is 1.78. The van der Waals surface area contributed by atoms with Crippen LogP contribution in [0.1, 0.15) is 6.42 Å². The summed E-state index contributed by atoms with van der Waals surface area (Å²) in [6, 6.07) is 5.56. The van der Waals surface area contributed by atoms with Crippen LogP contribution in [-0.2, 0) is 0 Å². The van der Waals surface area contributed by atoms with Crippen LogP contribution >= 0.6 is 23.2 Å². The van der Waals surface area contributed by atoms with E-state index in [1.165, 1.54) is 0 Å². The van der Waals surface area contributed by atoms with Crippen LogP contribution < -0.4 is 10.5 Å². The topological polar surface area (TPSA) is 38.5 Å². The Labute approximate surface area is 111 Å². The Hall–Kier alpha value is -0.480. The number of halogens is 2. The molecule has 1 aliphatic rings. The van der Waals surface area contributed by atoms with Gasteiger partial charge in [0.1, 0.15) is 12.4 Å². The maximum Gasteiger partial charge on any atom is 0.138 e. The summed E-state index contributed by atoms with van der Waals surface area (Å²) < 4.78 is 5.62. The van der Waals surface area contributed by atoms with Crippen LogP contribution in [0.25, 0.3) is 0 Å². The van der Waals surface area contributed by atoms with Crippen molar-refractivity contribution in [3.05, 3.63) is 28.2 Å². The highest BCUT2D eigenvalue weighted by Gasteiger charge is 2.18. The van der Waals surface area contributed by atoms with Crippen LogP contribution in [0.15, 0.2) is 18.2 Å². The first-order valence-electron chi connectivity index (χ1n) is 5.71. The van der Waals surface area contributed by atoms with Gasteiger partial charge in [0.25, 0.3) is 0 Å². The Morgan fingerprint density at radius 3 is 2.88 bits per heavy atom. The number of rotatable bonds is 4. The molecule has 17 heavy (non-hydrogen) atoms. The third-order valence-corrected chi connectivity index (χ3v) is 3.40. The van der Waals surface area contributed by atoms with Crippen molar-refractivity contribution in [3.63, 3.8) is 0 Å². The quantitative estimate of drug-likeness (QED) is 0.917. The summed E-state index contributed by atoms with van der Waals surface area (Å²) in [6.45, 7) is 3.51. The second-order valence-electron chi connectivity index (χ2n) is 4.27. The lowest BCUT2D eigenvalue weighted by Gasteiger charge is -2.15. The van der Waals surface area contributed by atoms with Crippen molar-refractivity contribution in [1.29, 1.82) is 0 Å². The molecule has 0 aliphatic carbocycles. The van der Waals surface area contributed by atoms with Crippen molar-refractivity contribution in [2.45, 2.75) is 12.5 Å². The zero-order valence-corrected chi connectivity index (χ0v) is 11.0. The zero-order chi connectivity index (χ0) is 12.3. The van der Waals surface area contributed by atoms with Crippen molar-refractivity contribution < 1.29 is 4.74 Å². The summed E-state index contributed by atoms with van der Waals surface area (Å²) in [5, 5.41) is 1.17. The molecule has 0 spiro atoms. The number of benzene rings is 1. The van der Waals surface area contributed by atoms with E-state index in [-0.39, 0.29) is 0 Å². The van der Waals surface area contributed by atoms with Crippen molar-refractivity contribution in [2.24, 2.45) is 5.73 Å². The van der Waals surface area contributed by atoms with Gasteiger partial charge in [0.15, 0.2) is 0 Å². The molecule has 3 nitrogen and oxygen atoms in total. The molecule has 5 heteroatoms. The monoisotopic (exact) mass is 274 g/mol. The molecule has 94 valence electrons. The summed E-state index contributed by atoms with van der Waals surface area (Å²) in [5.74, 6) is 0.680. The van der Waals surface area contributed by atoms with Gasteiger partial charge in [0.05, 0.1) is 5.02 Å². The molecule has 0 radical (unpaired) electrons. The van der Waals surface area contributed by atoms with Crippen LogP contribution in [-0.4, -0.2) is 37.2 Å². The molecular weight excluding hydrogens is 259 g/mol. The number of nitrogens with two attached hydrogens (primary N) is 1. The van der Waals surface area contributed by atoms with Crippen LogP contribution in [0.4, 0.5) is 0 Å². The molecule has 0 amide bonds. The van der Waals surface area contributed by atoms with Gasteiger partial charge >= 0.3 is 0 Å². The smallest absolute Gasteiger partial charge is 0.138 e. The average molecular weight is 275 g/mol. The van der Waals surface area contributed by atoms with E-state index in [9.17, 15) is 0 Å². The van der Waals surface area contributed by atoms with E-state index in [0.29, 0.717) is 28.4 Å². The Bertz CT molecular complexity index is 387. The Morgan fingerprint density at radius 2 is 2.24 bits per heavy atom. The number of hydrogen-bond acceptors (Lipinski definition) is 3. The highest BCUT2D eigenvalue weighted by atomic mass is 35.5. The Morgan fingerprint density at radius 1 is 1.41 bits per heavy atom. The molecule has 2 rings (SSSR count). The van der Waals surface area contributed by atoms with E-state index >= 15 is 0 Å². The van der Waals surface area contributed by atoms with Gasteiger partial charge in [-0.1, -0.05) is 23.2 Å². The molecule has 0 unspecified atom stereocenters. The fraction of sp³-hybridized carbons (Fsp3) is 0.500. The third kappa shape index (κ3) is 3.75. The maximum absolute atomic E-state index is 6.01. The first-order chi connectivity index (χ1) is 8.15. The zero-order valence-electron chi connectivity index (χ0n) is 9.53. The standard InChI is InChI=1S/C12H16Cl2N2O/c13-9-1-2-12(11(14)7-9)17-6-5-16-4-3-10(15)8-16/h1-2,7,10H,3-6,8,15H2/t10-/m1/s1. The van der Waals surface area contributed by atoms with Gasteiger partial charge < -0.3 is 10.5 Å². The molecular formula is C12H16Cl2N2O. The summed E-state index contributed by atoms with van der Waals surface area (Å²) >= 11 is 11.8. The van der Waals surface area contributed by atoms with Crippen LogP contribution in [0.5, 0.6) is 5.75 Å². The second kappa shape index (κ2) is 5.91. The molecule has 0 bridgehead atoms. The van der Waals surface area contributed by atoms with Gasteiger partial charge in [-0.15, -0.1) is 0 Å². The molecule has 1 aliphatic heterocycles. The highest BCUT2D eigenvalue weighted by Crippen LogP contribution is 2.27. The lowest BCUT2D eigenvalue weighted by molar-refractivity contribution is 0.236. The van der Waals surface area contributed by atoms with Gasteiger partial charge in [-0.25, -0.2) is 0 Å². The van der Waals surface area contributed by atoms with Crippen LogP contribution in [0.2, 0.25) is 10.0 Å². The first-order valence-corrected chi connectivity index (χ1v) is 6.46. The fourth-order valence-electron chi connectivity index (χ4n) is 1.94.